The molecule has 0 aliphatic rings. The van der Waals surface area contributed by atoms with E-state index in [0.717, 1.165) is 35.4 Å². The minimum absolute atomic E-state index is 0. The summed E-state index contributed by atoms with van der Waals surface area (Å²) in [5, 5.41) is 7.38. The molecule has 2 aromatic rings. The molecule has 0 radical (unpaired) electrons. The molecule has 0 amide bonds. The number of halogens is 2. The monoisotopic (exact) mass is 490 g/mol. The lowest BCUT2D eigenvalue weighted by atomic mass is 9.86. The zero-order valence-corrected chi connectivity index (χ0v) is 19.1. The van der Waals surface area contributed by atoms with Crippen molar-refractivity contribution >= 4 is 41.5 Å². The fourth-order valence-electron chi connectivity index (χ4n) is 2.58. The minimum Gasteiger partial charge on any atom is -0.444 e. The van der Waals surface area contributed by atoms with Crippen LogP contribution < -0.4 is 10.6 Å². The Bertz CT molecular complexity index is 723. The maximum atomic E-state index is 6.08. The second-order valence-corrected chi connectivity index (χ2v) is 7.44. The Kier molecular flexibility index (Phi) is 8.89. The number of guanidine groups is 1. The molecule has 144 valence electrons. The molecule has 0 unspecified atom stereocenters. The average Bonchev–Trinajstić information content (AvgIpc) is 2.85. The Labute approximate surface area is 178 Å². The summed E-state index contributed by atoms with van der Waals surface area (Å²) >= 11 is 6.08. The van der Waals surface area contributed by atoms with E-state index in [-0.39, 0.29) is 29.4 Å². The van der Waals surface area contributed by atoms with E-state index in [1.165, 1.54) is 5.56 Å². The number of rotatable bonds is 6. The topological polar surface area (TPSA) is 62.5 Å². The van der Waals surface area contributed by atoms with Gasteiger partial charge in [-0.1, -0.05) is 37.6 Å². The first-order valence-corrected chi connectivity index (χ1v) is 8.79. The lowest BCUT2D eigenvalue weighted by Gasteiger charge is -2.26. The Morgan fingerprint density at radius 3 is 2.58 bits per heavy atom. The quantitative estimate of drug-likeness (QED) is 0.356. The molecule has 5 nitrogen and oxygen atoms in total. The molecule has 2 rings (SSSR count). The molecule has 0 aliphatic carbocycles. The largest absolute Gasteiger partial charge is 0.444 e. The van der Waals surface area contributed by atoms with Gasteiger partial charge in [-0.25, -0.2) is 4.98 Å². The third kappa shape index (κ3) is 7.15. The molecule has 7 heteroatoms. The van der Waals surface area contributed by atoms with Crippen LogP contribution in [-0.4, -0.2) is 24.5 Å². The Morgan fingerprint density at radius 2 is 2.00 bits per heavy atom. The van der Waals surface area contributed by atoms with Crippen LogP contribution in [0.25, 0.3) is 0 Å². The molecule has 0 saturated carbocycles. The molecular formula is C19H28ClIN4O. The number of hydrogen-bond acceptors (Lipinski definition) is 3. The zero-order chi connectivity index (χ0) is 18.4. The van der Waals surface area contributed by atoms with Crippen molar-refractivity contribution in [3.63, 3.8) is 0 Å². The summed E-state index contributed by atoms with van der Waals surface area (Å²) in [7, 11) is 1.76. The van der Waals surface area contributed by atoms with Crippen LogP contribution in [0.1, 0.15) is 36.8 Å². The van der Waals surface area contributed by atoms with E-state index in [2.05, 4.69) is 40.5 Å². The molecule has 0 bridgehead atoms. The lowest BCUT2D eigenvalue weighted by Crippen LogP contribution is -2.42. The van der Waals surface area contributed by atoms with Crippen LogP contribution in [0.3, 0.4) is 0 Å². The zero-order valence-electron chi connectivity index (χ0n) is 16.0. The smallest absolute Gasteiger partial charge is 0.214 e. The maximum Gasteiger partial charge on any atom is 0.214 e. The highest BCUT2D eigenvalue weighted by Crippen LogP contribution is 2.22. The van der Waals surface area contributed by atoms with Gasteiger partial charge in [0.05, 0.1) is 12.2 Å². The van der Waals surface area contributed by atoms with Gasteiger partial charge < -0.3 is 15.1 Å². The van der Waals surface area contributed by atoms with Crippen molar-refractivity contribution in [2.45, 2.75) is 40.7 Å². The lowest BCUT2D eigenvalue weighted by molar-refractivity contribution is 0.358. The van der Waals surface area contributed by atoms with Crippen molar-refractivity contribution in [3.05, 3.63) is 52.2 Å². The van der Waals surface area contributed by atoms with Gasteiger partial charge in [-0.2, -0.15) is 0 Å². The van der Waals surface area contributed by atoms with Gasteiger partial charge in [0.2, 0.25) is 5.89 Å². The molecule has 0 aliphatic heterocycles. The number of aliphatic imine (C=N–C) groups is 1. The van der Waals surface area contributed by atoms with Gasteiger partial charge in [0.1, 0.15) is 5.76 Å². The van der Waals surface area contributed by atoms with Gasteiger partial charge in [-0.3, -0.25) is 4.99 Å². The average molecular weight is 491 g/mol. The van der Waals surface area contributed by atoms with Gasteiger partial charge in [0, 0.05) is 18.6 Å². The number of oxazole rings is 1. The SMILES string of the molecule is CN=C(NCc1nc(C)c(C)o1)NCC(C)(C)Cc1cccc(Cl)c1.I. The van der Waals surface area contributed by atoms with E-state index in [9.17, 15) is 0 Å². The van der Waals surface area contributed by atoms with E-state index in [1.807, 2.05) is 32.0 Å². The summed E-state index contributed by atoms with van der Waals surface area (Å²) < 4.78 is 5.58. The van der Waals surface area contributed by atoms with Crippen molar-refractivity contribution in [3.8, 4) is 0 Å². The highest BCUT2D eigenvalue weighted by Gasteiger charge is 2.19. The second-order valence-electron chi connectivity index (χ2n) is 7.00. The Balaban J connectivity index is 0.00000338. The molecule has 26 heavy (non-hydrogen) atoms. The first kappa shape index (κ1) is 22.8. The summed E-state index contributed by atoms with van der Waals surface area (Å²) in [6.45, 7) is 9.57. The van der Waals surface area contributed by atoms with Crippen LogP contribution in [-0.2, 0) is 13.0 Å². The maximum absolute atomic E-state index is 6.08. The fraction of sp³-hybridized carbons (Fsp3) is 0.474. The summed E-state index contributed by atoms with van der Waals surface area (Å²) in [4.78, 5) is 8.63. The normalized spacial score (nSPS) is 11.8. The van der Waals surface area contributed by atoms with Crippen molar-refractivity contribution in [1.82, 2.24) is 15.6 Å². The summed E-state index contributed by atoms with van der Waals surface area (Å²) in [6, 6.07) is 8.01. The van der Waals surface area contributed by atoms with Gasteiger partial charge in [0.15, 0.2) is 5.96 Å². The Hall–Kier alpha value is -1.28. The number of nitrogens with one attached hydrogen (secondary N) is 2. The summed E-state index contributed by atoms with van der Waals surface area (Å²) in [6.07, 6.45) is 0.926. The van der Waals surface area contributed by atoms with E-state index < -0.39 is 0 Å². The summed E-state index contributed by atoms with van der Waals surface area (Å²) in [5.41, 5.74) is 2.20. The highest BCUT2D eigenvalue weighted by molar-refractivity contribution is 14.0. The predicted molar refractivity (Wildman–Crippen MR) is 119 cm³/mol. The van der Waals surface area contributed by atoms with Gasteiger partial charge >= 0.3 is 0 Å². The van der Waals surface area contributed by atoms with Crippen LogP contribution in [0.15, 0.2) is 33.7 Å². The summed E-state index contributed by atoms with van der Waals surface area (Å²) in [5.74, 6) is 2.24. The molecular weight excluding hydrogens is 463 g/mol. The molecule has 0 saturated heterocycles. The van der Waals surface area contributed by atoms with Crippen LogP contribution in [0.2, 0.25) is 5.02 Å². The fourth-order valence-corrected chi connectivity index (χ4v) is 2.79. The molecule has 0 spiro atoms. The van der Waals surface area contributed by atoms with Crippen molar-refractivity contribution in [2.24, 2.45) is 10.4 Å². The van der Waals surface area contributed by atoms with Crippen LogP contribution in [0.4, 0.5) is 0 Å². The number of aromatic nitrogens is 1. The molecule has 0 fully saturated rings. The van der Waals surface area contributed by atoms with E-state index >= 15 is 0 Å². The van der Waals surface area contributed by atoms with E-state index in [4.69, 9.17) is 16.0 Å². The molecule has 2 N–H and O–H groups in total. The number of aryl methyl sites for hydroxylation is 2. The van der Waals surface area contributed by atoms with Crippen molar-refractivity contribution in [1.29, 1.82) is 0 Å². The van der Waals surface area contributed by atoms with Gasteiger partial charge in [0.25, 0.3) is 0 Å². The number of nitrogens with zero attached hydrogens (tertiary/aromatic N) is 2. The second kappa shape index (κ2) is 10.2. The van der Waals surface area contributed by atoms with Crippen LogP contribution in [0.5, 0.6) is 0 Å². The van der Waals surface area contributed by atoms with Crippen molar-refractivity contribution in [2.75, 3.05) is 13.6 Å². The molecule has 1 aromatic heterocycles. The predicted octanol–water partition coefficient (Wildman–Crippen LogP) is 4.50. The first-order valence-electron chi connectivity index (χ1n) is 8.41. The minimum atomic E-state index is 0. The van der Waals surface area contributed by atoms with Crippen LogP contribution in [0, 0.1) is 19.3 Å². The third-order valence-electron chi connectivity index (χ3n) is 4.01. The van der Waals surface area contributed by atoms with Crippen molar-refractivity contribution < 1.29 is 4.42 Å². The van der Waals surface area contributed by atoms with Crippen LogP contribution >= 0.6 is 35.6 Å². The van der Waals surface area contributed by atoms with Gasteiger partial charge in [-0.05, 0) is 43.4 Å². The first-order chi connectivity index (χ1) is 11.8. The number of benzene rings is 1. The number of hydrogen-bond donors (Lipinski definition) is 2. The molecule has 0 atom stereocenters. The van der Waals surface area contributed by atoms with Gasteiger partial charge in [-0.15, -0.1) is 24.0 Å². The molecule has 1 aromatic carbocycles. The standard InChI is InChI=1S/C19H27ClN4O.HI/c1-13-14(2)25-17(24-13)11-22-18(21-5)23-12-19(3,4)10-15-7-6-8-16(20)9-15;/h6-9H,10-12H2,1-5H3,(H2,21,22,23);1H. The van der Waals surface area contributed by atoms with E-state index in [1.54, 1.807) is 7.05 Å². The third-order valence-corrected chi connectivity index (χ3v) is 4.24. The Morgan fingerprint density at radius 1 is 1.27 bits per heavy atom. The highest BCUT2D eigenvalue weighted by atomic mass is 127. The van der Waals surface area contributed by atoms with E-state index in [0.29, 0.717) is 12.4 Å². The molecule has 1 heterocycles.